The Bertz CT molecular complexity index is 693. The molecule has 2 aromatic heterocycles. The summed E-state index contributed by atoms with van der Waals surface area (Å²) in [4.78, 5) is 19.0. The highest BCUT2D eigenvalue weighted by atomic mass is 35.5. The van der Waals surface area contributed by atoms with Crippen LogP contribution in [0.25, 0.3) is 0 Å². The van der Waals surface area contributed by atoms with E-state index in [0.29, 0.717) is 30.2 Å². The van der Waals surface area contributed by atoms with Crippen LogP contribution in [0, 0.1) is 0 Å². The van der Waals surface area contributed by atoms with Gasteiger partial charge in [-0.15, -0.1) is 0 Å². The first-order chi connectivity index (χ1) is 9.69. The lowest BCUT2D eigenvalue weighted by Crippen LogP contribution is -2.07. The molecule has 1 aliphatic rings. The summed E-state index contributed by atoms with van der Waals surface area (Å²) in [5, 5.41) is 3.31. The Morgan fingerprint density at radius 1 is 1.55 bits per heavy atom. The average Bonchev–Trinajstić information content (AvgIpc) is 3.06. The van der Waals surface area contributed by atoms with E-state index in [9.17, 15) is 4.79 Å². The van der Waals surface area contributed by atoms with E-state index >= 15 is 0 Å². The van der Waals surface area contributed by atoms with Gasteiger partial charge in [0.25, 0.3) is 0 Å². The predicted molar refractivity (Wildman–Crippen MR) is 74.1 cm³/mol. The molecule has 3 rings (SSSR count). The molecule has 0 radical (unpaired) electrons. The van der Waals surface area contributed by atoms with Crippen LogP contribution in [0.4, 0.5) is 11.6 Å². The van der Waals surface area contributed by atoms with Crippen molar-refractivity contribution in [3.63, 3.8) is 0 Å². The molecule has 1 aliphatic carbocycles. The van der Waals surface area contributed by atoms with E-state index in [0.717, 1.165) is 5.76 Å². The Kier molecular flexibility index (Phi) is 3.18. The Balaban J connectivity index is 1.84. The molecule has 6 nitrogen and oxygen atoms in total. The monoisotopic (exact) mass is 290 g/mol. The van der Waals surface area contributed by atoms with Gasteiger partial charge >= 0.3 is 0 Å². The number of rotatable bonds is 4. The SMILES string of the molecule is Nc1nc(C2CC2=C=O)nc(NCc2ccco2)c1Cl. The van der Waals surface area contributed by atoms with Crippen molar-refractivity contribution in [1.82, 2.24) is 9.97 Å². The molecule has 0 amide bonds. The summed E-state index contributed by atoms with van der Waals surface area (Å²) in [6.07, 6.45) is 2.21. The minimum Gasteiger partial charge on any atom is -0.467 e. The van der Waals surface area contributed by atoms with Gasteiger partial charge in [0.05, 0.1) is 18.7 Å². The van der Waals surface area contributed by atoms with Crippen LogP contribution in [-0.4, -0.2) is 15.9 Å². The molecule has 1 atom stereocenters. The molecular weight excluding hydrogens is 280 g/mol. The summed E-state index contributed by atoms with van der Waals surface area (Å²) in [6, 6.07) is 3.63. The molecule has 0 saturated heterocycles. The van der Waals surface area contributed by atoms with E-state index in [1.165, 1.54) is 0 Å². The number of hydrogen-bond acceptors (Lipinski definition) is 6. The summed E-state index contributed by atoms with van der Waals surface area (Å²) in [5.74, 6) is 3.65. The fraction of sp³-hybridized carbons (Fsp3) is 0.231. The van der Waals surface area contributed by atoms with Crippen molar-refractivity contribution in [2.45, 2.75) is 18.9 Å². The topological polar surface area (TPSA) is 94.0 Å². The van der Waals surface area contributed by atoms with E-state index in [1.807, 2.05) is 12.0 Å². The number of anilines is 2. The highest BCUT2D eigenvalue weighted by Gasteiger charge is 2.36. The van der Waals surface area contributed by atoms with Gasteiger partial charge in [0, 0.05) is 5.57 Å². The number of nitrogen functional groups attached to an aromatic ring is 1. The standard InChI is InChI=1S/C13H11ClN4O2/c14-10-11(15)17-12(9-4-7(9)6-19)18-13(10)16-5-8-2-1-3-20-8/h1-3,9H,4-5H2,(H3,15,16,17,18). The number of allylic oxidation sites excluding steroid dienone is 1. The molecule has 20 heavy (non-hydrogen) atoms. The first-order valence-electron chi connectivity index (χ1n) is 6.02. The van der Waals surface area contributed by atoms with Crippen molar-refractivity contribution < 1.29 is 9.21 Å². The largest absolute Gasteiger partial charge is 0.467 e. The Labute approximate surface area is 119 Å². The number of nitrogens with one attached hydrogen (secondary N) is 1. The lowest BCUT2D eigenvalue weighted by molar-refractivity contribution is 0.517. The van der Waals surface area contributed by atoms with Crippen molar-refractivity contribution in [3.05, 3.63) is 40.6 Å². The van der Waals surface area contributed by atoms with E-state index in [2.05, 4.69) is 15.3 Å². The second kappa shape index (κ2) is 5.00. The first kappa shape index (κ1) is 12.7. The summed E-state index contributed by atoms with van der Waals surface area (Å²) >= 11 is 6.07. The maximum absolute atomic E-state index is 10.6. The summed E-state index contributed by atoms with van der Waals surface area (Å²) < 4.78 is 5.21. The molecule has 102 valence electrons. The van der Waals surface area contributed by atoms with Crippen molar-refractivity contribution in [2.24, 2.45) is 0 Å². The molecular formula is C13H11ClN4O2. The molecule has 0 aromatic carbocycles. The highest BCUT2D eigenvalue weighted by Crippen LogP contribution is 2.44. The van der Waals surface area contributed by atoms with Crippen LogP contribution >= 0.6 is 11.6 Å². The minimum atomic E-state index is -0.0868. The van der Waals surface area contributed by atoms with E-state index in [4.69, 9.17) is 21.8 Å². The molecule has 0 aliphatic heterocycles. The smallest absolute Gasteiger partial charge is 0.151 e. The number of nitrogens with zero attached hydrogens (tertiary/aromatic N) is 2. The Morgan fingerprint density at radius 2 is 2.40 bits per heavy atom. The van der Waals surface area contributed by atoms with E-state index < -0.39 is 0 Å². The Morgan fingerprint density at radius 3 is 3.05 bits per heavy atom. The van der Waals surface area contributed by atoms with Gasteiger partial charge in [-0.05, 0) is 18.6 Å². The molecule has 1 unspecified atom stereocenters. The molecule has 2 heterocycles. The van der Waals surface area contributed by atoms with E-state index in [-0.39, 0.29) is 16.8 Å². The van der Waals surface area contributed by atoms with Gasteiger partial charge in [-0.3, -0.25) is 0 Å². The first-order valence-corrected chi connectivity index (χ1v) is 6.40. The number of carbonyl (C=O) groups excluding carboxylic acids is 1. The average molecular weight is 291 g/mol. The number of furan rings is 1. The highest BCUT2D eigenvalue weighted by molar-refractivity contribution is 6.35. The van der Waals surface area contributed by atoms with Crippen molar-refractivity contribution in [2.75, 3.05) is 11.1 Å². The number of halogens is 1. The van der Waals surface area contributed by atoms with Gasteiger partial charge in [0.1, 0.15) is 28.4 Å². The van der Waals surface area contributed by atoms with E-state index in [1.54, 1.807) is 12.3 Å². The third-order valence-electron chi connectivity index (χ3n) is 3.03. The number of hydrogen-bond donors (Lipinski definition) is 2. The lowest BCUT2D eigenvalue weighted by atomic mass is 10.3. The molecule has 2 aromatic rings. The van der Waals surface area contributed by atoms with Gasteiger partial charge in [-0.25, -0.2) is 14.8 Å². The van der Waals surface area contributed by atoms with Crippen LogP contribution in [-0.2, 0) is 11.3 Å². The summed E-state index contributed by atoms with van der Waals surface area (Å²) in [7, 11) is 0. The molecule has 0 spiro atoms. The van der Waals surface area contributed by atoms with Crippen LogP contribution < -0.4 is 11.1 Å². The third kappa shape index (κ3) is 2.39. The molecule has 1 fully saturated rings. The minimum absolute atomic E-state index is 0.0868. The quantitative estimate of drug-likeness (QED) is 0.838. The molecule has 0 bridgehead atoms. The fourth-order valence-electron chi connectivity index (χ4n) is 1.86. The summed E-state index contributed by atoms with van der Waals surface area (Å²) in [6.45, 7) is 0.434. The summed E-state index contributed by atoms with van der Waals surface area (Å²) in [5.41, 5.74) is 6.42. The third-order valence-corrected chi connectivity index (χ3v) is 3.40. The van der Waals surface area contributed by atoms with Gasteiger partial charge in [0.2, 0.25) is 0 Å². The zero-order valence-corrected chi connectivity index (χ0v) is 11.1. The van der Waals surface area contributed by atoms with Crippen LogP contribution in [0.3, 0.4) is 0 Å². The predicted octanol–water partition coefficient (Wildman–Crippen LogP) is 2.16. The fourth-order valence-corrected chi connectivity index (χ4v) is 2.01. The maximum Gasteiger partial charge on any atom is 0.151 e. The van der Waals surface area contributed by atoms with Gasteiger partial charge < -0.3 is 15.5 Å². The van der Waals surface area contributed by atoms with Crippen LogP contribution in [0.15, 0.2) is 28.4 Å². The maximum atomic E-state index is 10.6. The molecule has 1 saturated carbocycles. The van der Waals surface area contributed by atoms with Crippen LogP contribution in [0.2, 0.25) is 5.02 Å². The second-order valence-electron chi connectivity index (χ2n) is 4.45. The van der Waals surface area contributed by atoms with Crippen LogP contribution in [0.5, 0.6) is 0 Å². The molecule has 3 N–H and O–H groups in total. The van der Waals surface area contributed by atoms with Crippen LogP contribution in [0.1, 0.15) is 23.9 Å². The second-order valence-corrected chi connectivity index (χ2v) is 4.82. The number of aromatic nitrogens is 2. The van der Waals surface area contributed by atoms with Gasteiger partial charge in [-0.1, -0.05) is 11.6 Å². The van der Waals surface area contributed by atoms with Crippen molar-refractivity contribution >= 4 is 29.2 Å². The number of nitrogens with two attached hydrogens (primary N) is 1. The normalized spacial score (nSPS) is 16.9. The molecule has 7 heteroatoms. The van der Waals surface area contributed by atoms with Gasteiger partial charge in [-0.2, -0.15) is 0 Å². The van der Waals surface area contributed by atoms with Crippen molar-refractivity contribution in [3.8, 4) is 0 Å². The zero-order valence-electron chi connectivity index (χ0n) is 10.4. The lowest BCUT2D eigenvalue weighted by Gasteiger charge is -2.09. The Hall–Kier alpha value is -2.30. The zero-order chi connectivity index (χ0) is 14.1. The van der Waals surface area contributed by atoms with Gasteiger partial charge in [0.15, 0.2) is 5.82 Å². The van der Waals surface area contributed by atoms with Crippen molar-refractivity contribution in [1.29, 1.82) is 0 Å².